The zero-order valence-electron chi connectivity index (χ0n) is 9.94. The third-order valence-corrected chi connectivity index (χ3v) is 3.02. The van der Waals surface area contributed by atoms with E-state index < -0.39 is 0 Å². The Morgan fingerprint density at radius 3 is 2.84 bits per heavy atom. The van der Waals surface area contributed by atoms with Crippen LogP contribution in [-0.4, -0.2) is 4.98 Å². The summed E-state index contributed by atoms with van der Waals surface area (Å²) in [6, 6.07) is 10.8. The van der Waals surface area contributed by atoms with Crippen LogP contribution < -0.4 is 4.74 Å². The van der Waals surface area contributed by atoms with Crippen LogP contribution in [0, 0.1) is 11.3 Å². The molecule has 2 aromatic rings. The van der Waals surface area contributed by atoms with Gasteiger partial charge in [0.15, 0.2) is 0 Å². The van der Waals surface area contributed by atoms with Crippen molar-refractivity contribution in [3.63, 3.8) is 0 Å². The molecule has 1 aromatic carbocycles. The summed E-state index contributed by atoms with van der Waals surface area (Å²) in [5, 5.41) is 9.40. The van der Waals surface area contributed by atoms with Crippen molar-refractivity contribution < 1.29 is 4.74 Å². The van der Waals surface area contributed by atoms with Gasteiger partial charge in [0.1, 0.15) is 24.1 Å². The quantitative estimate of drug-likeness (QED) is 0.802. The Morgan fingerprint density at radius 1 is 1.26 bits per heavy atom. The number of halogens is 2. The van der Waals surface area contributed by atoms with Crippen LogP contribution in [0.25, 0.3) is 0 Å². The standard InChI is InChI=1S/C14H10Cl2N2O/c15-7-11-6-12(16)1-2-14(11)19-9-10-3-4-18-13(5-10)8-17/h1-6H,7,9H2. The van der Waals surface area contributed by atoms with Crippen molar-refractivity contribution >= 4 is 23.2 Å². The second-order valence-electron chi connectivity index (χ2n) is 3.84. The number of rotatable bonds is 4. The van der Waals surface area contributed by atoms with Crippen molar-refractivity contribution in [1.82, 2.24) is 4.98 Å². The zero-order chi connectivity index (χ0) is 13.7. The minimum Gasteiger partial charge on any atom is -0.489 e. The lowest BCUT2D eigenvalue weighted by Crippen LogP contribution is -1.99. The van der Waals surface area contributed by atoms with Gasteiger partial charge in [0.05, 0.1) is 5.88 Å². The zero-order valence-corrected chi connectivity index (χ0v) is 11.4. The summed E-state index contributed by atoms with van der Waals surface area (Å²) in [5.74, 6) is 1.02. The van der Waals surface area contributed by atoms with Crippen LogP contribution in [0.15, 0.2) is 36.5 Å². The first-order valence-electron chi connectivity index (χ1n) is 5.55. The fourth-order valence-corrected chi connectivity index (χ4v) is 1.98. The highest BCUT2D eigenvalue weighted by Crippen LogP contribution is 2.25. The second-order valence-corrected chi connectivity index (χ2v) is 4.54. The molecule has 0 saturated carbocycles. The maximum absolute atomic E-state index is 8.77. The van der Waals surface area contributed by atoms with E-state index in [0.717, 1.165) is 11.1 Å². The molecule has 0 bridgehead atoms. The molecule has 1 aromatic heterocycles. The average molecular weight is 293 g/mol. The van der Waals surface area contributed by atoms with Crippen molar-refractivity contribution in [2.24, 2.45) is 0 Å². The van der Waals surface area contributed by atoms with E-state index in [1.54, 1.807) is 36.5 Å². The molecular weight excluding hydrogens is 283 g/mol. The lowest BCUT2D eigenvalue weighted by atomic mass is 10.2. The van der Waals surface area contributed by atoms with Crippen LogP contribution in [0.3, 0.4) is 0 Å². The van der Waals surface area contributed by atoms with Gasteiger partial charge in [0.2, 0.25) is 0 Å². The molecule has 0 aliphatic carbocycles. The molecule has 0 saturated heterocycles. The van der Waals surface area contributed by atoms with Gasteiger partial charge in [-0.05, 0) is 35.9 Å². The molecule has 5 heteroatoms. The third kappa shape index (κ3) is 3.60. The molecule has 0 N–H and O–H groups in total. The van der Waals surface area contributed by atoms with Crippen molar-refractivity contribution in [1.29, 1.82) is 5.26 Å². The normalized spacial score (nSPS) is 9.95. The van der Waals surface area contributed by atoms with Crippen LogP contribution >= 0.6 is 23.2 Å². The Kier molecular flexibility index (Phi) is 4.62. The lowest BCUT2D eigenvalue weighted by molar-refractivity contribution is 0.303. The molecule has 0 amide bonds. The van der Waals surface area contributed by atoms with Crippen molar-refractivity contribution in [3.8, 4) is 11.8 Å². The van der Waals surface area contributed by atoms with E-state index in [0.29, 0.717) is 29.0 Å². The minimum absolute atomic E-state index is 0.329. The predicted octanol–water partition coefficient (Wildman–Crippen LogP) is 3.92. The molecule has 0 fully saturated rings. The SMILES string of the molecule is N#Cc1cc(COc2ccc(Cl)cc2CCl)ccn1. The summed E-state index contributed by atoms with van der Waals surface area (Å²) in [5.41, 5.74) is 2.08. The largest absolute Gasteiger partial charge is 0.489 e. The summed E-state index contributed by atoms with van der Waals surface area (Å²) in [6.45, 7) is 0.350. The van der Waals surface area contributed by atoms with Crippen molar-refractivity contribution in [2.75, 3.05) is 0 Å². The number of hydrogen-bond donors (Lipinski definition) is 0. The Bertz CT molecular complexity index is 623. The number of nitriles is 1. The topological polar surface area (TPSA) is 45.9 Å². The maximum Gasteiger partial charge on any atom is 0.140 e. The molecule has 1 heterocycles. The summed E-state index contributed by atoms with van der Waals surface area (Å²) in [7, 11) is 0. The molecule has 0 spiro atoms. The number of nitrogens with zero attached hydrogens (tertiary/aromatic N) is 2. The van der Waals surface area contributed by atoms with E-state index in [1.807, 2.05) is 6.07 Å². The predicted molar refractivity (Wildman–Crippen MR) is 74.3 cm³/mol. The summed E-state index contributed by atoms with van der Waals surface area (Å²) < 4.78 is 5.69. The van der Waals surface area contributed by atoms with E-state index >= 15 is 0 Å². The number of hydrogen-bond acceptors (Lipinski definition) is 3. The molecule has 0 unspecified atom stereocenters. The van der Waals surface area contributed by atoms with Crippen LogP contribution in [0.1, 0.15) is 16.8 Å². The van der Waals surface area contributed by atoms with Gasteiger partial charge in [-0.3, -0.25) is 0 Å². The Labute approximate surface area is 121 Å². The lowest BCUT2D eigenvalue weighted by Gasteiger charge is -2.10. The summed E-state index contributed by atoms with van der Waals surface area (Å²) in [6.07, 6.45) is 1.58. The molecular formula is C14H10Cl2N2O. The van der Waals surface area contributed by atoms with Crippen LogP contribution in [0.2, 0.25) is 5.02 Å². The van der Waals surface area contributed by atoms with E-state index in [-0.39, 0.29) is 0 Å². The summed E-state index contributed by atoms with van der Waals surface area (Å²) in [4.78, 5) is 3.90. The maximum atomic E-state index is 8.77. The first kappa shape index (κ1) is 13.7. The number of ether oxygens (including phenoxy) is 1. The van der Waals surface area contributed by atoms with Crippen molar-refractivity contribution in [2.45, 2.75) is 12.5 Å². The smallest absolute Gasteiger partial charge is 0.140 e. The fraction of sp³-hybridized carbons (Fsp3) is 0.143. The molecule has 3 nitrogen and oxygen atoms in total. The van der Waals surface area contributed by atoms with Gasteiger partial charge in [0, 0.05) is 16.8 Å². The summed E-state index contributed by atoms with van der Waals surface area (Å²) >= 11 is 11.7. The monoisotopic (exact) mass is 292 g/mol. The molecule has 0 aliphatic rings. The van der Waals surface area contributed by atoms with E-state index in [9.17, 15) is 0 Å². The van der Waals surface area contributed by atoms with Gasteiger partial charge in [-0.25, -0.2) is 4.98 Å². The Morgan fingerprint density at radius 2 is 2.11 bits per heavy atom. The highest BCUT2D eigenvalue weighted by Gasteiger charge is 2.05. The highest BCUT2D eigenvalue weighted by atomic mass is 35.5. The van der Waals surface area contributed by atoms with Crippen molar-refractivity contribution in [3.05, 3.63) is 58.4 Å². The van der Waals surface area contributed by atoms with Gasteiger partial charge in [-0.15, -0.1) is 11.6 Å². The van der Waals surface area contributed by atoms with Gasteiger partial charge in [-0.2, -0.15) is 5.26 Å². The van der Waals surface area contributed by atoms with Gasteiger partial charge in [0.25, 0.3) is 0 Å². The van der Waals surface area contributed by atoms with Gasteiger partial charge in [-0.1, -0.05) is 11.6 Å². The number of aromatic nitrogens is 1. The second kappa shape index (κ2) is 6.42. The Balaban J connectivity index is 2.12. The van der Waals surface area contributed by atoms with E-state index in [1.165, 1.54) is 0 Å². The molecule has 19 heavy (non-hydrogen) atoms. The van der Waals surface area contributed by atoms with Crippen LogP contribution in [0.5, 0.6) is 5.75 Å². The third-order valence-electron chi connectivity index (χ3n) is 2.50. The molecule has 2 rings (SSSR count). The van der Waals surface area contributed by atoms with E-state index in [4.69, 9.17) is 33.2 Å². The van der Waals surface area contributed by atoms with Crippen LogP contribution in [-0.2, 0) is 12.5 Å². The fourth-order valence-electron chi connectivity index (χ4n) is 1.58. The molecule has 0 aliphatic heterocycles. The molecule has 96 valence electrons. The number of pyridine rings is 1. The number of alkyl halides is 1. The van der Waals surface area contributed by atoms with E-state index in [2.05, 4.69) is 4.98 Å². The Hall–Kier alpha value is -1.76. The molecule has 0 atom stereocenters. The average Bonchev–Trinajstić information content (AvgIpc) is 2.46. The first-order chi connectivity index (χ1) is 9.22. The highest BCUT2D eigenvalue weighted by molar-refractivity contribution is 6.30. The van der Waals surface area contributed by atoms with Crippen LogP contribution in [0.4, 0.5) is 0 Å². The van der Waals surface area contributed by atoms with Gasteiger partial charge < -0.3 is 4.74 Å². The van der Waals surface area contributed by atoms with Gasteiger partial charge >= 0.3 is 0 Å². The number of benzene rings is 1. The first-order valence-corrected chi connectivity index (χ1v) is 6.46. The minimum atomic E-state index is 0.329. The molecule has 0 radical (unpaired) electrons.